The number of carbonyl (C=O) groups is 1. The summed E-state index contributed by atoms with van der Waals surface area (Å²) in [4.78, 5) is 11.0. The number of hydrogen-bond donors (Lipinski definition) is 1. The van der Waals surface area contributed by atoms with E-state index in [0.29, 0.717) is 22.9 Å². The summed E-state index contributed by atoms with van der Waals surface area (Å²) in [6.07, 6.45) is -0.681. The van der Waals surface area contributed by atoms with Crippen molar-refractivity contribution in [1.29, 1.82) is 0 Å². The van der Waals surface area contributed by atoms with Crippen molar-refractivity contribution in [1.82, 2.24) is 0 Å². The average Bonchev–Trinajstić information content (AvgIpc) is 2.37. The monoisotopic (exact) mass is 240 g/mol. The van der Waals surface area contributed by atoms with Crippen LogP contribution in [0.3, 0.4) is 0 Å². The second kappa shape index (κ2) is 5.83. The number of amides is 1. The van der Waals surface area contributed by atoms with Crippen molar-refractivity contribution in [3.05, 3.63) is 19.2 Å². The summed E-state index contributed by atoms with van der Waals surface area (Å²) in [5.41, 5.74) is 0.452. The van der Waals surface area contributed by atoms with Crippen molar-refractivity contribution in [2.24, 2.45) is 0 Å². The van der Waals surface area contributed by atoms with E-state index in [2.05, 4.69) is 17.2 Å². The molecule has 1 N–H and O–H groups in total. The minimum absolute atomic E-state index is 0.436. The van der Waals surface area contributed by atoms with E-state index in [-0.39, 0.29) is 0 Å². The first kappa shape index (κ1) is 13.0. The van der Waals surface area contributed by atoms with Crippen LogP contribution in [-0.2, 0) is 4.74 Å². The summed E-state index contributed by atoms with van der Waals surface area (Å²) in [5, 5.41) is 2.45. The fourth-order valence-electron chi connectivity index (χ4n) is 1.31. The van der Waals surface area contributed by atoms with Gasteiger partial charge in [0.15, 0.2) is 11.5 Å². The van der Waals surface area contributed by atoms with E-state index >= 15 is 0 Å². The molecule has 93 valence electrons. The molecule has 0 saturated heterocycles. The predicted octanol–water partition coefficient (Wildman–Crippen LogP) is 2.05. The predicted molar refractivity (Wildman–Crippen MR) is 61.6 cm³/mol. The molecular formula is C11H14NO5. The van der Waals surface area contributed by atoms with Crippen LogP contribution in [0.1, 0.15) is 0 Å². The molecular weight excluding hydrogens is 226 g/mol. The van der Waals surface area contributed by atoms with Gasteiger partial charge in [-0.05, 0) is 0 Å². The quantitative estimate of drug-likeness (QED) is 0.872. The normalized spacial score (nSPS) is 9.41. The highest BCUT2D eigenvalue weighted by atomic mass is 16.5. The third-order valence-corrected chi connectivity index (χ3v) is 2.04. The molecule has 0 fully saturated rings. The van der Waals surface area contributed by atoms with E-state index in [9.17, 15) is 4.79 Å². The first-order chi connectivity index (χ1) is 8.15. The molecule has 1 aromatic rings. The van der Waals surface area contributed by atoms with Gasteiger partial charge in [0.2, 0.25) is 5.75 Å². The maximum absolute atomic E-state index is 11.0. The van der Waals surface area contributed by atoms with Crippen LogP contribution < -0.4 is 19.5 Å². The van der Waals surface area contributed by atoms with Gasteiger partial charge in [-0.15, -0.1) is 0 Å². The van der Waals surface area contributed by atoms with Gasteiger partial charge in [-0.1, -0.05) is 0 Å². The molecule has 1 aromatic carbocycles. The number of anilines is 1. The number of carbonyl (C=O) groups excluding carboxylic acids is 1. The molecule has 0 atom stereocenters. The zero-order chi connectivity index (χ0) is 12.8. The summed E-state index contributed by atoms with van der Waals surface area (Å²) in [5.74, 6) is 1.32. The van der Waals surface area contributed by atoms with Crippen molar-refractivity contribution in [2.45, 2.75) is 0 Å². The smallest absolute Gasteiger partial charge is 0.411 e. The summed E-state index contributed by atoms with van der Waals surface area (Å²) in [7, 11) is 7.47. The average molecular weight is 240 g/mol. The van der Waals surface area contributed by atoms with Gasteiger partial charge in [0.25, 0.3) is 0 Å². The second-order valence-corrected chi connectivity index (χ2v) is 2.97. The molecule has 0 saturated carbocycles. The Morgan fingerprint density at radius 3 is 2.00 bits per heavy atom. The fraction of sp³-hybridized carbons (Fsp3) is 0.273. The van der Waals surface area contributed by atoms with E-state index in [1.54, 1.807) is 12.1 Å². The van der Waals surface area contributed by atoms with Crippen molar-refractivity contribution in [2.75, 3.05) is 26.6 Å². The van der Waals surface area contributed by atoms with E-state index in [0.717, 1.165) is 0 Å². The lowest BCUT2D eigenvalue weighted by molar-refractivity contribution is 0.199. The Labute approximate surface area is 99.4 Å². The maximum Gasteiger partial charge on any atom is 0.411 e. The highest BCUT2D eigenvalue weighted by Gasteiger charge is 2.14. The molecule has 0 aliphatic carbocycles. The third kappa shape index (κ3) is 2.93. The summed E-state index contributed by atoms with van der Waals surface area (Å²) in [6.45, 7) is 0. The van der Waals surface area contributed by atoms with Crippen molar-refractivity contribution >= 4 is 11.8 Å². The van der Waals surface area contributed by atoms with Crippen molar-refractivity contribution < 1.29 is 23.7 Å². The van der Waals surface area contributed by atoms with Crippen LogP contribution in [-0.4, -0.2) is 27.4 Å². The lowest BCUT2D eigenvalue weighted by atomic mass is 10.2. The van der Waals surface area contributed by atoms with Crippen LogP contribution in [0.15, 0.2) is 12.1 Å². The number of rotatable bonds is 4. The highest BCUT2D eigenvalue weighted by Crippen LogP contribution is 2.39. The fourth-order valence-corrected chi connectivity index (χ4v) is 1.31. The molecule has 0 spiro atoms. The standard InChI is InChI=1S/C11H14NO5/c1-14-8-5-7(12-11(13)17-4)6-9(15-2)10(8)16-3/h5-6H,4H2,1-3H3,(H,12,13). The van der Waals surface area contributed by atoms with E-state index in [1.807, 2.05) is 0 Å². The number of benzene rings is 1. The number of ether oxygens (including phenoxy) is 4. The molecule has 0 aliphatic heterocycles. The van der Waals surface area contributed by atoms with Gasteiger partial charge in [0, 0.05) is 12.1 Å². The minimum atomic E-state index is -0.681. The van der Waals surface area contributed by atoms with Crippen LogP contribution in [0.4, 0.5) is 10.5 Å². The first-order valence-corrected chi connectivity index (χ1v) is 4.69. The Kier molecular flexibility index (Phi) is 4.45. The Morgan fingerprint density at radius 2 is 1.65 bits per heavy atom. The van der Waals surface area contributed by atoms with Crippen LogP contribution in [0.5, 0.6) is 17.2 Å². The molecule has 1 radical (unpaired) electrons. The zero-order valence-electron chi connectivity index (χ0n) is 9.90. The van der Waals surface area contributed by atoms with E-state index in [4.69, 9.17) is 14.2 Å². The Morgan fingerprint density at radius 1 is 1.12 bits per heavy atom. The van der Waals surface area contributed by atoms with Gasteiger partial charge in [-0.2, -0.15) is 0 Å². The lowest BCUT2D eigenvalue weighted by Gasteiger charge is -2.14. The third-order valence-electron chi connectivity index (χ3n) is 2.04. The summed E-state index contributed by atoms with van der Waals surface area (Å²) >= 11 is 0. The topological polar surface area (TPSA) is 66.0 Å². The summed E-state index contributed by atoms with van der Waals surface area (Å²) in [6, 6.07) is 3.16. The van der Waals surface area contributed by atoms with Crippen molar-refractivity contribution in [3.63, 3.8) is 0 Å². The molecule has 6 nitrogen and oxygen atoms in total. The second-order valence-electron chi connectivity index (χ2n) is 2.97. The van der Waals surface area contributed by atoms with Gasteiger partial charge < -0.3 is 18.9 Å². The van der Waals surface area contributed by atoms with Crippen LogP contribution in [0.25, 0.3) is 0 Å². The maximum atomic E-state index is 11.0. The van der Waals surface area contributed by atoms with E-state index < -0.39 is 6.09 Å². The van der Waals surface area contributed by atoms with Crippen LogP contribution >= 0.6 is 0 Å². The molecule has 1 amide bonds. The Hall–Kier alpha value is -2.11. The summed E-state index contributed by atoms with van der Waals surface area (Å²) < 4.78 is 19.6. The van der Waals surface area contributed by atoms with E-state index in [1.165, 1.54) is 21.3 Å². The van der Waals surface area contributed by atoms with Gasteiger partial charge >= 0.3 is 6.09 Å². The highest BCUT2D eigenvalue weighted by molar-refractivity contribution is 5.86. The van der Waals surface area contributed by atoms with Gasteiger partial charge in [0.1, 0.15) is 7.11 Å². The van der Waals surface area contributed by atoms with Gasteiger partial charge in [-0.25, -0.2) is 4.79 Å². The number of methoxy groups -OCH3 is 3. The molecule has 0 heterocycles. The molecule has 0 unspecified atom stereocenters. The Balaban J connectivity index is 3.13. The molecule has 17 heavy (non-hydrogen) atoms. The van der Waals surface area contributed by atoms with Crippen LogP contribution in [0.2, 0.25) is 0 Å². The zero-order valence-corrected chi connectivity index (χ0v) is 9.90. The molecule has 0 aromatic heterocycles. The molecule has 1 rings (SSSR count). The molecule has 0 aliphatic rings. The van der Waals surface area contributed by atoms with Crippen LogP contribution in [0, 0.1) is 7.11 Å². The van der Waals surface area contributed by atoms with Gasteiger partial charge in [-0.3, -0.25) is 5.32 Å². The Bertz CT molecular complexity index is 380. The minimum Gasteiger partial charge on any atom is -0.493 e. The largest absolute Gasteiger partial charge is 0.493 e. The van der Waals surface area contributed by atoms with Gasteiger partial charge in [0.05, 0.1) is 27.0 Å². The number of hydrogen-bond acceptors (Lipinski definition) is 5. The SMILES string of the molecule is [CH2]OC(=O)Nc1cc(OC)c(OC)c(OC)c1. The first-order valence-electron chi connectivity index (χ1n) is 4.69. The molecule has 0 bridgehead atoms. The van der Waals surface area contributed by atoms with Crippen molar-refractivity contribution in [3.8, 4) is 17.2 Å². The lowest BCUT2D eigenvalue weighted by Crippen LogP contribution is -2.10. The number of nitrogens with one attached hydrogen (secondary N) is 1. The molecule has 6 heteroatoms.